The highest BCUT2D eigenvalue weighted by Gasteiger charge is 2.53. The van der Waals surface area contributed by atoms with Gasteiger partial charge in [0.15, 0.2) is 0 Å². The molecule has 0 saturated carbocycles. The molecule has 2 unspecified atom stereocenters. The van der Waals surface area contributed by atoms with Gasteiger partial charge in [-0.3, -0.25) is 19.4 Å². The highest BCUT2D eigenvalue weighted by molar-refractivity contribution is 6.01. The molecule has 1 aliphatic carbocycles. The number of aliphatic carboxylic acids is 2. The van der Waals surface area contributed by atoms with Crippen molar-refractivity contribution < 1.29 is 58.6 Å². The van der Waals surface area contributed by atoms with Crippen LogP contribution in [0.5, 0.6) is 0 Å². The molecule has 2 amide bonds. The fraction of sp³-hybridized carbons (Fsp3) is 0.440. The van der Waals surface area contributed by atoms with E-state index in [1.54, 1.807) is 25.1 Å². The smallest absolute Gasteiger partial charge is 0.332 e. The van der Waals surface area contributed by atoms with E-state index < -0.39 is 23.3 Å². The maximum Gasteiger partial charge on any atom is 0.332 e. The second-order valence-electron chi connectivity index (χ2n) is 16.8. The molecular formula is C50H62N6O12. The molecule has 5 heterocycles. The van der Waals surface area contributed by atoms with E-state index in [0.29, 0.717) is 103 Å². The lowest BCUT2D eigenvalue weighted by Gasteiger charge is -2.35. The summed E-state index contributed by atoms with van der Waals surface area (Å²) >= 11 is 0. The van der Waals surface area contributed by atoms with E-state index in [9.17, 15) is 29.4 Å². The average molecular weight is 939 g/mol. The number of ether oxygens (including phenoxy) is 4. The van der Waals surface area contributed by atoms with Crippen LogP contribution in [0.25, 0.3) is 44.9 Å². The normalized spacial score (nSPS) is 16.5. The molecule has 8 N–H and O–H groups in total. The number of H-pyrrole nitrogens is 2. The van der Waals surface area contributed by atoms with Crippen LogP contribution in [0.1, 0.15) is 78.1 Å². The molecule has 2 aliphatic heterocycles. The molecule has 18 heteroatoms. The standard InChI is InChI=1S/C50H62N6O12/c1-6-32-29(2)38-26-43-36-10-7-35(48(61)62)47(49(63)64)50(36,5)44(56-43)28-39-31(4)34(9-12-46(60)52-14-18-66-22-24-68-20-16-58)42(55-39)27-41-33(30(3)37(54-41)25-40(32)53-38)8-11-45(59)51-13-17-65-21-23-67-19-15-57/h6-7,10,25-28,47,53,55,57-58H,1,8-9,11-24H2,2-5H3,(H,51,59)(H,52,60)(H,61,62)(H,63,64). The highest BCUT2D eigenvalue weighted by Crippen LogP contribution is 2.52. The summed E-state index contributed by atoms with van der Waals surface area (Å²) in [6.45, 7) is 14.4. The lowest BCUT2D eigenvalue weighted by atomic mass is 9.64. The second kappa shape index (κ2) is 23.6. The minimum absolute atomic E-state index is 0.0671. The van der Waals surface area contributed by atoms with Crippen molar-refractivity contribution in [3.63, 3.8) is 0 Å². The van der Waals surface area contributed by atoms with E-state index in [-0.39, 0.29) is 69.8 Å². The molecule has 6 rings (SSSR count). The van der Waals surface area contributed by atoms with Gasteiger partial charge in [0, 0.05) is 53.6 Å². The van der Waals surface area contributed by atoms with Gasteiger partial charge < -0.3 is 60.0 Å². The first-order chi connectivity index (χ1) is 32.7. The Balaban J connectivity index is 1.45. The quantitative estimate of drug-likeness (QED) is 0.0542. The van der Waals surface area contributed by atoms with Gasteiger partial charge in [0.2, 0.25) is 11.8 Å². The Morgan fingerprint density at radius 2 is 1.26 bits per heavy atom. The molecule has 0 spiro atoms. The first-order valence-electron chi connectivity index (χ1n) is 22.8. The molecule has 364 valence electrons. The lowest BCUT2D eigenvalue weighted by molar-refractivity contribution is -0.145. The molecule has 0 radical (unpaired) electrons. The lowest BCUT2D eigenvalue weighted by Crippen LogP contribution is -2.41. The minimum Gasteiger partial charge on any atom is -0.481 e. The topological polar surface area (TPSA) is 268 Å². The van der Waals surface area contributed by atoms with Gasteiger partial charge >= 0.3 is 11.9 Å². The van der Waals surface area contributed by atoms with Gasteiger partial charge in [-0.15, -0.1) is 0 Å². The summed E-state index contributed by atoms with van der Waals surface area (Å²) in [6.07, 6.45) is 5.64. The van der Waals surface area contributed by atoms with Crippen LogP contribution >= 0.6 is 0 Å². The van der Waals surface area contributed by atoms with Crippen LogP contribution in [0.3, 0.4) is 0 Å². The SMILES string of the molecule is C=Cc1c(C)c2cc3nc(cc4[nH]c(cc5nc(cc1[nH]2)C(C)=C5CCC(=O)NCCOCCOCCO)c(CCC(=O)NCCOCCOCCO)c4C)C1(C)C3=CC=C(C(=O)O)C1C(=O)O. The Bertz CT molecular complexity index is 2660. The number of carboxylic acid groups (broad SMARTS) is 2. The van der Waals surface area contributed by atoms with E-state index in [0.717, 1.165) is 33.4 Å². The van der Waals surface area contributed by atoms with E-state index in [1.807, 2.05) is 39.0 Å². The van der Waals surface area contributed by atoms with Crippen molar-refractivity contribution in [2.45, 2.75) is 58.8 Å². The zero-order valence-corrected chi connectivity index (χ0v) is 39.1. The van der Waals surface area contributed by atoms with Crippen molar-refractivity contribution in [1.29, 1.82) is 0 Å². The van der Waals surface area contributed by atoms with E-state index in [2.05, 4.69) is 27.2 Å². The second-order valence-corrected chi connectivity index (χ2v) is 16.8. The number of aliphatic hydroxyl groups excluding tert-OH is 2. The summed E-state index contributed by atoms with van der Waals surface area (Å²) in [4.78, 5) is 69.5. The first kappa shape index (κ1) is 51.1. The molecule has 68 heavy (non-hydrogen) atoms. The maximum absolute atomic E-state index is 13.3. The number of carbonyl (C=O) groups excluding carboxylic acids is 2. The predicted molar refractivity (Wildman–Crippen MR) is 256 cm³/mol. The number of hydrogen-bond acceptors (Lipinski definition) is 12. The number of rotatable bonds is 25. The third kappa shape index (κ3) is 11.7. The van der Waals surface area contributed by atoms with Crippen LogP contribution in [0.15, 0.2) is 48.6 Å². The molecule has 3 aromatic heterocycles. The number of carboxylic acids is 2. The molecule has 3 aromatic rings. The number of hydrogen-bond donors (Lipinski definition) is 8. The molecule has 8 bridgehead atoms. The number of aromatic amines is 2. The number of carbonyl (C=O) groups is 4. The van der Waals surface area contributed by atoms with Crippen molar-refractivity contribution in [2.24, 2.45) is 5.92 Å². The van der Waals surface area contributed by atoms with Crippen LogP contribution in [-0.2, 0) is 50.0 Å². The number of fused-ring (bicyclic) bond motifs is 11. The zero-order chi connectivity index (χ0) is 49.0. The largest absolute Gasteiger partial charge is 0.481 e. The van der Waals surface area contributed by atoms with Crippen molar-refractivity contribution in [3.8, 4) is 0 Å². The van der Waals surface area contributed by atoms with Crippen molar-refractivity contribution in [2.75, 3.05) is 79.2 Å². The van der Waals surface area contributed by atoms with Crippen LogP contribution in [0.2, 0.25) is 0 Å². The minimum atomic E-state index is -1.49. The Kier molecular flexibility index (Phi) is 17.8. The van der Waals surface area contributed by atoms with Gasteiger partial charge in [0.25, 0.3) is 0 Å². The highest BCUT2D eigenvalue weighted by atomic mass is 16.5. The summed E-state index contributed by atoms with van der Waals surface area (Å²) < 4.78 is 21.5. The van der Waals surface area contributed by atoms with Gasteiger partial charge in [0.1, 0.15) is 5.92 Å². The molecule has 3 aliphatic rings. The van der Waals surface area contributed by atoms with Gasteiger partial charge in [-0.2, -0.15) is 0 Å². The summed E-state index contributed by atoms with van der Waals surface area (Å²) in [5.74, 6) is -4.52. The molecule has 0 fully saturated rings. The van der Waals surface area contributed by atoms with E-state index >= 15 is 0 Å². The van der Waals surface area contributed by atoms with Gasteiger partial charge in [-0.1, -0.05) is 24.8 Å². The number of aliphatic hydroxyl groups is 2. The number of amides is 2. The molecule has 18 nitrogen and oxygen atoms in total. The number of aromatic nitrogens is 4. The van der Waals surface area contributed by atoms with Gasteiger partial charge in [-0.25, -0.2) is 9.78 Å². The first-order valence-corrected chi connectivity index (χ1v) is 22.8. The monoisotopic (exact) mass is 938 g/mol. The molecule has 0 aromatic carbocycles. The third-order valence-corrected chi connectivity index (χ3v) is 12.5. The summed E-state index contributed by atoms with van der Waals surface area (Å²) in [5.41, 5.74) is 8.48. The van der Waals surface area contributed by atoms with Gasteiger partial charge in [0.05, 0.1) is 99.8 Å². The number of aryl methyl sites for hydroxylation is 3. The van der Waals surface area contributed by atoms with Gasteiger partial charge in [-0.05, 0) is 98.2 Å². The van der Waals surface area contributed by atoms with E-state index in [4.69, 9.17) is 39.1 Å². The summed E-state index contributed by atoms with van der Waals surface area (Å²) in [6, 6.07) is 7.44. The summed E-state index contributed by atoms with van der Waals surface area (Å²) in [7, 11) is 0. The van der Waals surface area contributed by atoms with E-state index in [1.165, 1.54) is 6.08 Å². The fourth-order valence-electron chi connectivity index (χ4n) is 8.86. The Hall–Kier alpha value is -6.28. The molecule has 2 atom stereocenters. The van der Waals surface area contributed by atoms with Crippen LogP contribution in [-0.4, -0.2) is 143 Å². The maximum atomic E-state index is 13.3. The van der Waals surface area contributed by atoms with Crippen LogP contribution in [0.4, 0.5) is 0 Å². The van der Waals surface area contributed by atoms with Crippen LogP contribution < -0.4 is 10.6 Å². The van der Waals surface area contributed by atoms with Crippen molar-refractivity contribution >= 4 is 68.6 Å². The number of allylic oxidation sites excluding steroid dienone is 5. The zero-order valence-electron chi connectivity index (χ0n) is 39.1. The predicted octanol–water partition coefficient (Wildman–Crippen LogP) is 4.57. The Morgan fingerprint density at radius 3 is 1.85 bits per heavy atom. The molecule has 0 saturated heterocycles. The Morgan fingerprint density at radius 1 is 0.706 bits per heavy atom. The number of nitrogens with zero attached hydrogens (tertiary/aromatic N) is 2. The average Bonchev–Trinajstić information content (AvgIpc) is 3.96. The van der Waals surface area contributed by atoms with Crippen molar-refractivity contribution in [1.82, 2.24) is 30.6 Å². The van der Waals surface area contributed by atoms with Crippen molar-refractivity contribution in [3.05, 3.63) is 93.6 Å². The Labute approximate surface area is 394 Å². The fourth-order valence-corrected chi connectivity index (χ4v) is 8.86. The third-order valence-electron chi connectivity index (χ3n) is 12.5. The summed E-state index contributed by atoms with van der Waals surface area (Å²) in [5, 5.41) is 44.5. The van der Waals surface area contributed by atoms with Crippen LogP contribution in [0, 0.1) is 19.8 Å². The molecular weight excluding hydrogens is 877 g/mol. The number of nitrogens with one attached hydrogen (secondary N) is 4.